The lowest BCUT2D eigenvalue weighted by atomic mass is 9.94. The van der Waals surface area contributed by atoms with Crippen molar-refractivity contribution in [1.29, 1.82) is 0 Å². The van der Waals surface area contributed by atoms with Crippen molar-refractivity contribution in [1.82, 2.24) is 4.90 Å². The average Bonchev–Trinajstić information content (AvgIpc) is 2.62. The van der Waals surface area contributed by atoms with Crippen LogP contribution in [-0.2, 0) is 4.79 Å². The molecule has 15 heavy (non-hydrogen) atoms. The first-order chi connectivity index (χ1) is 7.06. The third kappa shape index (κ3) is 3.20. The van der Waals surface area contributed by atoms with Crippen LogP contribution in [0.5, 0.6) is 0 Å². The van der Waals surface area contributed by atoms with Gasteiger partial charge in [-0.2, -0.15) is 0 Å². The molecule has 0 bridgehead atoms. The number of nitrogens with zero attached hydrogens (tertiary/aromatic N) is 1. The fraction of sp³-hybridized carbons (Fsp3) is 0.917. The van der Waals surface area contributed by atoms with E-state index in [1.54, 1.807) is 0 Å². The van der Waals surface area contributed by atoms with Crippen LogP contribution >= 0.6 is 0 Å². The van der Waals surface area contributed by atoms with Gasteiger partial charge in [-0.3, -0.25) is 4.79 Å². The second kappa shape index (κ2) is 5.50. The summed E-state index contributed by atoms with van der Waals surface area (Å²) in [5.74, 6) is 1.46. The predicted molar refractivity (Wildman–Crippen MR) is 62.4 cm³/mol. The smallest absolute Gasteiger partial charge is 0.225 e. The van der Waals surface area contributed by atoms with E-state index in [9.17, 15) is 4.79 Å². The van der Waals surface area contributed by atoms with Gasteiger partial charge in [0.25, 0.3) is 0 Å². The Balaban J connectivity index is 2.51. The van der Waals surface area contributed by atoms with E-state index in [0.29, 0.717) is 24.3 Å². The highest BCUT2D eigenvalue weighted by molar-refractivity contribution is 5.79. The first kappa shape index (κ1) is 12.5. The summed E-state index contributed by atoms with van der Waals surface area (Å²) in [4.78, 5) is 14.0. The molecule has 1 amide bonds. The van der Waals surface area contributed by atoms with Gasteiger partial charge >= 0.3 is 0 Å². The van der Waals surface area contributed by atoms with Crippen molar-refractivity contribution >= 4 is 5.91 Å². The van der Waals surface area contributed by atoms with Crippen molar-refractivity contribution in [2.75, 3.05) is 20.1 Å². The summed E-state index contributed by atoms with van der Waals surface area (Å²) in [6, 6.07) is 0. The molecule has 0 radical (unpaired) electrons. The molecule has 0 spiro atoms. The maximum Gasteiger partial charge on any atom is 0.225 e. The summed E-state index contributed by atoms with van der Waals surface area (Å²) in [7, 11) is 1.91. The topological polar surface area (TPSA) is 46.3 Å². The Hall–Kier alpha value is -0.570. The Morgan fingerprint density at radius 3 is 2.67 bits per heavy atom. The fourth-order valence-corrected chi connectivity index (χ4v) is 2.56. The van der Waals surface area contributed by atoms with E-state index in [4.69, 9.17) is 5.73 Å². The van der Waals surface area contributed by atoms with Gasteiger partial charge in [0.05, 0.1) is 0 Å². The third-order valence-corrected chi connectivity index (χ3v) is 3.29. The summed E-state index contributed by atoms with van der Waals surface area (Å²) in [5.41, 5.74) is 5.69. The minimum absolute atomic E-state index is 0.193. The monoisotopic (exact) mass is 212 g/mol. The van der Waals surface area contributed by atoms with Gasteiger partial charge in [-0.25, -0.2) is 0 Å². The number of nitrogens with two attached hydrogens (primary N) is 1. The molecule has 1 aliphatic rings. The molecular formula is C12H24N2O. The number of rotatable bonds is 4. The minimum Gasteiger partial charge on any atom is -0.345 e. The normalized spacial score (nSPS) is 25.9. The van der Waals surface area contributed by atoms with Crippen LogP contribution in [0.25, 0.3) is 0 Å². The first-order valence-electron chi connectivity index (χ1n) is 6.01. The van der Waals surface area contributed by atoms with Gasteiger partial charge in [-0.1, -0.05) is 20.3 Å². The standard InChI is InChI=1S/C12H24N2O/c1-9(2)8-14(3)12(15)11-6-4-5-10(11)7-13/h9-11H,4-8,13H2,1-3H3/t10-,11-/m1/s1. The highest BCUT2D eigenvalue weighted by Gasteiger charge is 2.33. The second-order valence-electron chi connectivity index (χ2n) is 5.15. The quantitative estimate of drug-likeness (QED) is 0.767. The van der Waals surface area contributed by atoms with Crippen LogP contribution < -0.4 is 5.73 Å². The number of amides is 1. The predicted octanol–water partition coefficient (Wildman–Crippen LogP) is 1.48. The van der Waals surface area contributed by atoms with Crippen LogP contribution in [0.3, 0.4) is 0 Å². The molecular weight excluding hydrogens is 188 g/mol. The Kier molecular flexibility index (Phi) is 4.58. The van der Waals surface area contributed by atoms with Gasteiger partial charge in [0, 0.05) is 19.5 Å². The molecule has 0 unspecified atom stereocenters. The Morgan fingerprint density at radius 1 is 1.47 bits per heavy atom. The maximum atomic E-state index is 12.1. The van der Waals surface area contributed by atoms with Crippen molar-refractivity contribution < 1.29 is 4.79 Å². The van der Waals surface area contributed by atoms with Crippen molar-refractivity contribution in [3.63, 3.8) is 0 Å². The van der Waals surface area contributed by atoms with Gasteiger partial charge in [-0.15, -0.1) is 0 Å². The molecule has 3 heteroatoms. The van der Waals surface area contributed by atoms with Crippen LogP contribution in [0.4, 0.5) is 0 Å². The van der Waals surface area contributed by atoms with Gasteiger partial charge in [0.15, 0.2) is 0 Å². The Morgan fingerprint density at radius 2 is 2.13 bits per heavy atom. The molecule has 1 saturated carbocycles. The third-order valence-electron chi connectivity index (χ3n) is 3.29. The van der Waals surface area contributed by atoms with Gasteiger partial charge in [0.1, 0.15) is 0 Å². The highest BCUT2D eigenvalue weighted by Crippen LogP contribution is 2.32. The SMILES string of the molecule is CC(C)CN(C)C(=O)[C@@H]1CCC[C@@H]1CN. The summed E-state index contributed by atoms with van der Waals surface area (Å²) in [5, 5.41) is 0. The molecule has 1 rings (SSSR count). The van der Waals surface area contributed by atoms with Crippen molar-refractivity contribution in [2.24, 2.45) is 23.5 Å². The molecule has 0 aliphatic heterocycles. The van der Waals surface area contributed by atoms with Crippen LogP contribution in [0.1, 0.15) is 33.1 Å². The van der Waals surface area contributed by atoms with Gasteiger partial charge < -0.3 is 10.6 Å². The molecule has 0 aromatic rings. The van der Waals surface area contributed by atoms with Crippen LogP contribution in [0.2, 0.25) is 0 Å². The van der Waals surface area contributed by atoms with E-state index in [0.717, 1.165) is 25.8 Å². The molecule has 0 aromatic heterocycles. The zero-order valence-electron chi connectivity index (χ0n) is 10.2. The van der Waals surface area contributed by atoms with E-state index < -0.39 is 0 Å². The number of carbonyl (C=O) groups excluding carboxylic acids is 1. The maximum absolute atomic E-state index is 12.1. The zero-order chi connectivity index (χ0) is 11.4. The Labute approximate surface area is 93.0 Å². The number of hydrogen-bond acceptors (Lipinski definition) is 2. The zero-order valence-corrected chi connectivity index (χ0v) is 10.2. The van der Waals surface area contributed by atoms with Gasteiger partial charge in [0.2, 0.25) is 5.91 Å². The summed E-state index contributed by atoms with van der Waals surface area (Å²) < 4.78 is 0. The van der Waals surface area contributed by atoms with Crippen molar-refractivity contribution in [3.05, 3.63) is 0 Å². The van der Waals surface area contributed by atoms with Crippen LogP contribution in [0.15, 0.2) is 0 Å². The summed E-state index contributed by atoms with van der Waals surface area (Å²) in [6.45, 7) is 5.79. The molecule has 0 saturated heterocycles. The minimum atomic E-state index is 0.193. The highest BCUT2D eigenvalue weighted by atomic mass is 16.2. The van der Waals surface area contributed by atoms with E-state index in [2.05, 4.69) is 13.8 Å². The first-order valence-corrected chi connectivity index (χ1v) is 6.01. The lowest BCUT2D eigenvalue weighted by molar-refractivity contribution is -0.135. The molecule has 88 valence electrons. The summed E-state index contributed by atoms with van der Waals surface area (Å²) in [6.07, 6.45) is 3.32. The van der Waals surface area contributed by atoms with Crippen LogP contribution in [-0.4, -0.2) is 30.9 Å². The largest absolute Gasteiger partial charge is 0.345 e. The number of carbonyl (C=O) groups is 1. The van der Waals surface area contributed by atoms with E-state index in [1.165, 1.54) is 0 Å². The van der Waals surface area contributed by atoms with E-state index >= 15 is 0 Å². The number of hydrogen-bond donors (Lipinski definition) is 1. The second-order valence-corrected chi connectivity index (χ2v) is 5.15. The fourth-order valence-electron chi connectivity index (χ4n) is 2.56. The molecule has 2 atom stereocenters. The van der Waals surface area contributed by atoms with Gasteiger partial charge in [-0.05, 0) is 31.2 Å². The van der Waals surface area contributed by atoms with Crippen molar-refractivity contribution in [3.8, 4) is 0 Å². The summed E-state index contributed by atoms with van der Waals surface area (Å²) >= 11 is 0. The molecule has 0 heterocycles. The van der Waals surface area contributed by atoms with Crippen molar-refractivity contribution in [2.45, 2.75) is 33.1 Å². The lowest BCUT2D eigenvalue weighted by Crippen LogP contribution is -2.38. The molecule has 2 N–H and O–H groups in total. The molecule has 1 fully saturated rings. The molecule has 1 aliphatic carbocycles. The van der Waals surface area contributed by atoms with Crippen LogP contribution in [0, 0.1) is 17.8 Å². The molecule has 0 aromatic carbocycles. The lowest BCUT2D eigenvalue weighted by Gasteiger charge is -2.25. The Bertz CT molecular complexity index is 216. The average molecular weight is 212 g/mol. The van der Waals surface area contributed by atoms with E-state index in [1.807, 2.05) is 11.9 Å². The molecule has 3 nitrogen and oxygen atoms in total. The van der Waals surface area contributed by atoms with E-state index in [-0.39, 0.29) is 5.92 Å².